The summed E-state index contributed by atoms with van der Waals surface area (Å²) in [4.78, 5) is 25.5. The molecule has 1 aliphatic heterocycles. The number of aromatic nitrogens is 1. The molecular weight excluding hydrogens is 348 g/mol. The number of carboxylic acids is 1. The van der Waals surface area contributed by atoms with Gasteiger partial charge in [0.05, 0.1) is 10.6 Å². The van der Waals surface area contributed by atoms with Crippen molar-refractivity contribution >= 4 is 51.9 Å². The number of aryl methyl sites for hydroxylation is 1. The highest BCUT2D eigenvalue weighted by Crippen LogP contribution is 2.37. The molecule has 2 heterocycles. The Balaban J connectivity index is 1.99. The summed E-state index contributed by atoms with van der Waals surface area (Å²) in [7, 11) is 1.87. The molecule has 1 fully saturated rings. The van der Waals surface area contributed by atoms with Crippen molar-refractivity contribution in [2.24, 2.45) is 7.05 Å². The minimum Gasteiger partial charge on any atom is -0.507 e. The Morgan fingerprint density at radius 2 is 2.08 bits per heavy atom. The number of aromatic carboxylic acids is 1. The van der Waals surface area contributed by atoms with Crippen molar-refractivity contribution in [1.82, 2.24) is 4.57 Å². The number of hydrogen-bond donors (Lipinski definition) is 2. The number of rotatable bonds is 3. The molecule has 0 spiro atoms. The van der Waals surface area contributed by atoms with Gasteiger partial charge in [0.1, 0.15) is 11.3 Å². The minimum atomic E-state index is -1.28. The van der Waals surface area contributed by atoms with E-state index < -0.39 is 5.97 Å². The van der Waals surface area contributed by atoms with Crippen molar-refractivity contribution in [2.75, 3.05) is 4.90 Å². The van der Waals surface area contributed by atoms with Gasteiger partial charge in [-0.05, 0) is 36.4 Å². The number of thiocarbonyl (C=S) groups is 1. The predicted octanol–water partition coefficient (Wildman–Crippen LogP) is 2.83. The van der Waals surface area contributed by atoms with Crippen molar-refractivity contribution in [3.63, 3.8) is 0 Å². The van der Waals surface area contributed by atoms with Crippen LogP contribution in [-0.4, -0.2) is 31.0 Å². The molecule has 1 aliphatic rings. The molecule has 0 atom stereocenters. The topological polar surface area (TPSA) is 82.8 Å². The first-order chi connectivity index (χ1) is 11.4. The summed E-state index contributed by atoms with van der Waals surface area (Å²) in [6.07, 6.45) is 3.60. The molecule has 1 aromatic carbocycles. The second-order valence-electron chi connectivity index (χ2n) is 5.07. The Morgan fingerprint density at radius 1 is 1.33 bits per heavy atom. The number of hydrogen-bond acceptors (Lipinski definition) is 5. The summed E-state index contributed by atoms with van der Waals surface area (Å²) in [6, 6.07) is 7.66. The van der Waals surface area contributed by atoms with Gasteiger partial charge < -0.3 is 14.8 Å². The smallest absolute Gasteiger partial charge is 0.339 e. The first-order valence-corrected chi connectivity index (χ1v) is 8.06. The van der Waals surface area contributed by atoms with E-state index in [1.165, 1.54) is 23.1 Å². The minimum absolute atomic E-state index is 0.284. The highest BCUT2D eigenvalue weighted by atomic mass is 32.2. The van der Waals surface area contributed by atoms with Crippen LogP contribution in [0.4, 0.5) is 5.69 Å². The zero-order chi connectivity index (χ0) is 17.4. The molecule has 24 heavy (non-hydrogen) atoms. The molecule has 6 nitrogen and oxygen atoms in total. The van der Waals surface area contributed by atoms with Gasteiger partial charge in [-0.25, -0.2) is 4.79 Å². The van der Waals surface area contributed by atoms with E-state index in [4.69, 9.17) is 17.3 Å². The predicted molar refractivity (Wildman–Crippen MR) is 96.1 cm³/mol. The molecule has 1 aromatic heterocycles. The highest BCUT2D eigenvalue weighted by Gasteiger charge is 2.34. The van der Waals surface area contributed by atoms with Crippen LogP contribution in [0.2, 0.25) is 0 Å². The molecule has 3 rings (SSSR count). The van der Waals surface area contributed by atoms with Gasteiger partial charge >= 0.3 is 5.97 Å². The number of anilines is 1. The van der Waals surface area contributed by atoms with E-state index in [1.807, 2.05) is 29.9 Å². The number of carbonyl (C=O) groups excluding carboxylic acids is 1. The standard InChI is InChI=1S/C16H12N2O4S2/c1-17-6-2-3-9(17)8-13-14(20)18(16(23)24-13)10-4-5-12(19)11(7-10)15(21)22/h2-8,19H,1H3,(H,21,22)/b13-8+. The first kappa shape index (κ1) is 16.3. The fourth-order valence-electron chi connectivity index (χ4n) is 2.28. The second kappa shape index (κ2) is 6.14. The number of thioether (sulfide) groups is 1. The Labute approximate surface area is 147 Å². The quantitative estimate of drug-likeness (QED) is 0.647. The lowest BCUT2D eigenvalue weighted by Crippen LogP contribution is -2.27. The zero-order valence-electron chi connectivity index (χ0n) is 12.5. The monoisotopic (exact) mass is 360 g/mol. The average molecular weight is 360 g/mol. The summed E-state index contributed by atoms with van der Waals surface area (Å²) in [5.41, 5.74) is 0.878. The number of carbonyl (C=O) groups is 2. The normalized spacial score (nSPS) is 16.2. The van der Waals surface area contributed by atoms with Crippen LogP contribution in [0.5, 0.6) is 5.75 Å². The molecule has 0 radical (unpaired) electrons. The fraction of sp³-hybridized carbons (Fsp3) is 0.0625. The number of benzene rings is 1. The van der Waals surface area contributed by atoms with Crippen molar-refractivity contribution < 1.29 is 19.8 Å². The Morgan fingerprint density at radius 3 is 2.71 bits per heavy atom. The van der Waals surface area contributed by atoms with E-state index in [0.29, 0.717) is 14.9 Å². The number of carboxylic acid groups (broad SMARTS) is 1. The van der Waals surface area contributed by atoms with Gasteiger partial charge in [0, 0.05) is 18.9 Å². The van der Waals surface area contributed by atoms with Crippen LogP contribution < -0.4 is 4.90 Å². The van der Waals surface area contributed by atoms with Gasteiger partial charge in [-0.2, -0.15) is 0 Å². The number of amides is 1. The summed E-state index contributed by atoms with van der Waals surface area (Å²) in [5, 5.41) is 18.7. The summed E-state index contributed by atoms with van der Waals surface area (Å²) >= 11 is 6.41. The maximum absolute atomic E-state index is 12.7. The van der Waals surface area contributed by atoms with Gasteiger partial charge in [0.25, 0.3) is 5.91 Å². The molecule has 0 bridgehead atoms. The molecule has 1 amide bonds. The SMILES string of the molecule is Cn1cccc1/C=C1/SC(=S)N(c2ccc(O)c(C(=O)O)c2)C1=O. The van der Waals surface area contributed by atoms with E-state index >= 15 is 0 Å². The Kier molecular flexibility index (Phi) is 4.16. The van der Waals surface area contributed by atoms with Crippen LogP contribution in [-0.2, 0) is 11.8 Å². The molecule has 8 heteroatoms. The maximum Gasteiger partial charge on any atom is 0.339 e. The first-order valence-electron chi connectivity index (χ1n) is 6.84. The van der Waals surface area contributed by atoms with Crippen molar-refractivity contribution in [2.45, 2.75) is 0 Å². The Hall–Kier alpha value is -2.58. The third-order valence-corrected chi connectivity index (χ3v) is 4.83. The number of phenols is 1. The van der Waals surface area contributed by atoms with Crippen molar-refractivity contribution in [1.29, 1.82) is 0 Å². The number of aromatic hydroxyl groups is 1. The molecule has 0 saturated carbocycles. The number of nitrogens with zero attached hydrogens (tertiary/aromatic N) is 2. The van der Waals surface area contributed by atoms with Crippen LogP contribution in [0.25, 0.3) is 6.08 Å². The summed E-state index contributed by atoms with van der Waals surface area (Å²) in [6.45, 7) is 0. The summed E-state index contributed by atoms with van der Waals surface area (Å²) in [5.74, 6) is -1.97. The second-order valence-corrected chi connectivity index (χ2v) is 6.74. The fourth-order valence-corrected chi connectivity index (χ4v) is 3.57. The van der Waals surface area contributed by atoms with Gasteiger partial charge in [-0.15, -0.1) is 0 Å². The zero-order valence-corrected chi connectivity index (χ0v) is 14.1. The van der Waals surface area contributed by atoms with E-state index in [0.717, 1.165) is 17.5 Å². The van der Waals surface area contributed by atoms with E-state index in [-0.39, 0.29) is 17.2 Å². The molecule has 122 valence electrons. The van der Waals surface area contributed by atoms with Crippen LogP contribution in [0, 0.1) is 0 Å². The molecular formula is C16H12N2O4S2. The third kappa shape index (κ3) is 2.81. The maximum atomic E-state index is 12.7. The molecule has 1 saturated heterocycles. The lowest BCUT2D eigenvalue weighted by molar-refractivity contribution is -0.113. The Bertz CT molecular complexity index is 901. The van der Waals surface area contributed by atoms with E-state index in [9.17, 15) is 14.7 Å². The lowest BCUT2D eigenvalue weighted by Gasteiger charge is -2.15. The molecule has 2 aromatic rings. The lowest BCUT2D eigenvalue weighted by atomic mass is 10.1. The molecule has 0 aliphatic carbocycles. The van der Waals surface area contributed by atoms with E-state index in [1.54, 1.807) is 6.08 Å². The largest absolute Gasteiger partial charge is 0.507 e. The van der Waals surface area contributed by atoms with Gasteiger partial charge in [-0.1, -0.05) is 24.0 Å². The van der Waals surface area contributed by atoms with Gasteiger partial charge in [0.2, 0.25) is 0 Å². The third-order valence-electron chi connectivity index (χ3n) is 3.53. The molecule has 2 N–H and O–H groups in total. The van der Waals surface area contributed by atoms with Gasteiger partial charge in [0.15, 0.2) is 4.32 Å². The summed E-state index contributed by atoms with van der Waals surface area (Å²) < 4.78 is 2.18. The van der Waals surface area contributed by atoms with Crippen LogP contribution >= 0.6 is 24.0 Å². The van der Waals surface area contributed by atoms with Crippen LogP contribution in [0.3, 0.4) is 0 Å². The van der Waals surface area contributed by atoms with E-state index in [2.05, 4.69) is 0 Å². The van der Waals surface area contributed by atoms with Crippen LogP contribution in [0.1, 0.15) is 16.1 Å². The highest BCUT2D eigenvalue weighted by molar-refractivity contribution is 8.27. The van der Waals surface area contributed by atoms with Crippen molar-refractivity contribution in [3.8, 4) is 5.75 Å². The van der Waals surface area contributed by atoms with Gasteiger partial charge in [-0.3, -0.25) is 9.69 Å². The average Bonchev–Trinajstić information content (AvgIpc) is 3.04. The van der Waals surface area contributed by atoms with Crippen LogP contribution in [0.15, 0.2) is 41.4 Å². The molecule has 0 unspecified atom stereocenters. The van der Waals surface area contributed by atoms with Crippen molar-refractivity contribution in [3.05, 3.63) is 52.7 Å².